The van der Waals surface area contributed by atoms with E-state index >= 15 is 0 Å². The highest BCUT2D eigenvalue weighted by Crippen LogP contribution is 2.47. The number of hydrogen-bond donors (Lipinski definition) is 0. The monoisotopic (exact) mass is 400 g/mol. The van der Waals surface area contributed by atoms with Crippen LogP contribution in [-0.2, 0) is 4.79 Å². The van der Waals surface area contributed by atoms with E-state index in [-0.39, 0.29) is 16.7 Å². The quantitative estimate of drug-likeness (QED) is 0.751. The number of rotatable bonds is 2. The summed E-state index contributed by atoms with van der Waals surface area (Å²) in [5, 5.41) is 0.481. The summed E-state index contributed by atoms with van der Waals surface area (Å²) in [6.07, 6.45) is 1.51. The molecular weight excluding hydrogens is 380 g/mol. The Hall–Kier alpha value is -1.98. The van der Waals surface area contributed by atoms with Crippen LogP contribution in [0.2, 0.25) is 5.02 Å². The van der Waals surface area contributed by atoms with Gasteiger partial charge in [0.25, 0.3) is 5.91 Å². The first-order valence-electron chi connectivity index (χ1n) is 9.08. The third-order valence-corrected chi connectivity index (χ3v) is 7.17. The van der Waals surface area contributed by atoms with Crippen LogP contribution in [0.25, 0.3) is 0 Å². The van der Waals surface area contributed by atoms with Crippen molar-refractivity contribution < 1.29 is 9.59 Å². The highest BCUT2D eigenvalue weighted by Gasteiger charge is 2.49. The minimum atomic E-state index is -0.262. The lowest BCUT2D eigenvalue weighted by Gasteiger charge is -2.44. The van der Waals surface area contributed by atoms with Gasteiger partial charge in [0.1, 0.15) is 0 Å². The van der Waals surface area contributed by atoms with Gasteiger partial charge in [-0.2, -0.15) is 0 Å². The zero-order valence-corrected chi connectivity index (χ0v) is 16.7. The number of piperidine rings is 1. The third kappa shape index (κ3) is 3.34. The molecule has 4 nitrogen and oxygen atoms in total. The van der Waals surface area contributed by atoms with Crippen molar-refractivity contribution in [2.24, 2.45) is 0 Å². The molecule has 0 N–H and O–H groups in total. The second-order valence-electron chi connectivity index (χ2n) is 7.08. The van der Waals surface area contributed by atoms with E-state index in [2.05, 4.69) is 6.07 Å². The zero-order chi connectivity index (χ0) is 19.0. The molecule has 140 valence electrons. The number of benzene rings is 2. The summed E-state index contributed by atoms with van der Waals surface area (Å²) in [6.45, 7) is 3.27. The molecule has 0 aromatic heterocycles. The summed E-state index contributed by atoms with van der Waals surface area (Å²) in [7, 11) is 0. The lowest BCUT2D eigenvalue weighted by Crippen LogP contribution is -2.53. The van der Waals surface area contributed by atoms with Crippen LogP contribution >= 0.6 is 23.4 Å². The van der Waals surface area contributed by atoms with E-state index in [1.807, 2.05) is 47.1 Å². The second-order valence-corrected chi connectivity index (χ2v) is 8.82. The normalized spacial score (nSPS) is 19.0. The van der Waals surface area contributed by atoms with Crippen LogP contribution in [-0.4, -0.2) is 40.4 Å². The maximum Gasteiger partial charge on any atom is 0.255 e. The van der Waals surface area contributed by atoms with Crippen molar-refractivity contribution in [3.8, 4) is 0 Å². The van der Waals surface area contributed by atoms with Crippen LogP contribution in [0.5, 0.6) is 0 Å². The Morgan fingerprint density at radius 1 is 1.11 bits per heavy atom. The first kappa shape index (κ1) is 18.4. The summed E-state index contributed by atoms with van der Waals surface area (Å²) < 4.78 is 0. The predicted octanol–water partition coefficient (Wildman–Crippen LogP) is 4.36. The molecule has 0 unspecified atom stereocenters. The van der Waals surface area contributed by atoms with Crippen LogP contribution < -0.4 is 4.90 Å². The van der Waals surface area contributed by atoms with Crippen LogP contribution in [0.3, 0.4) is 0 Å². The molecule has 6 heteroatoms. The highest BCUT2D eigenvalue weighted by molar-refractivity contribution is 8.02. The van der Waals surface area contributed by atoms with Gasteiger partial charge in [0, 0.05) is 18.8 Å². The molecule has 4 rings (SSSR count). The Labute approximate surface area is 168 Å². The molecule has 2 aromatic rings. The predicted molar refractivity (Wildman–Crippen MR) is 110 cm³/mol. The maximum absolute atomic E-state index is 12.8. The fourth-order valence-corrected chi connectivity index (χ4v) is 5.48. The van der Waals surface area contributed by atoms with E-state index in [1.54, 1.807) is 23.9 Å². The van der Waals surface area contributed by atoms with Gasteiger partial charge in [-0.15, -0.1) is 11.8 Å². The number of aryl methyl sites for hydroxylation is 1. The smallest absolute Gasteiger partial charge is 0.255 e. The van der Waals surface area contributed by atoms with Gasteiger partial charge in [0.2, 0.25) is 5.91 Å². The number of carbonyl (C=O) groups excluding carboxylic acids is 2. The highest BCUT2D eigenvalue weighted by atomic mass is 35.5. The van der Waals surface area contributed by atoms with Crippen molar-refractivity contribution in [3.63, 3.8) is 0 Å². The standard InChI is InChI=1S/C21H21ClN2O2S/c1-15-5-4-6-16(13-15)24-19(25)14-27-21(24)9-11-23(12-10-21)20(26)17-7-2-3-8-18(17)22/h2-8,13H,9-12,14H2,1H3. The fourth-order valence-electron chi connectivity index (χ4n) is 3.93. The molecule has 0 bridgehead atoms. The number of hydrogen-bond acceptors (Lipinski definition) is 3. The molecule has 1 spiro atoms. The maximum atomic E-state index is 12.8. The summed E-state index contributed by atoms with van der Waals surface area (Å²) in [5.74, 6) is 0.607. The first-order chi connectivity index (χ1) is 13.0. The largest absolute Gasteiger partial charge is 0.338 e. The molecule has 2 aliphatic rings. The van der Waals surface area contributed by atoms with Crippen molar-refractivity contribution in [2.75, 3.05) is 23.7 Å². The number of carbonyl (C=O) groups is 2. The summed E-state index contributed by atoms with van der Waals surface area (Å²) in [4.78, 5) is 29.0. The van der Waals surface area contributed by atoms with Crippen LogP contribution in [0.15, 0.2) is 48.5 Å². The van der Waals surface area contributed by atoms with Gasteiger partial charge in [-0.25, -0.2) is 0 Å². The molecule has 0 aliphatic carbocycles. The Bertz CT molecular complexity index is 893. The van der Waals surface area contributed by atoms with Gasteiger partial charge in [-0.3, -0.25) is 14.5 Å². The van der Waals surface area contributed by atoms with Crippen LogP contribution in [0.1, 0.15) is 28.8 Å². The molecule has 27 heavy (non-hydrogen) atoms. The van der Waals surface area contributed by atoms with E-state index in [0.717, 1.165) is 24.1 Å². The lowest BCUT2D eigenvalue weighted by atomic mass is 10.00. The minimum absolute atomic E-state index is 0.0353. The molecule has 2 aromatic carbocycles. The van der Waals surface area contributed by atoms with Crippen LogP contribution in [0.4, 0.5) is 5.69 Å². The average Bonchev–Trinajstić information content (AvgIpc) is 2.98. The van der Waals surface area contributed by atoms with Gasteiger partial charge in [0.15, 0.2) is 0 Å². The van der Waals surface area contributed by atoms with Crippen molar-refractivity contribution in [1.82, 2.24) is 4.90 Å². The van der Waals surface area contributed by atoms with Crippen molar-refractivity contribution >= 4 is 40.9 Å². The van der Waals surface area contributed by atoms with E-state index in [1.165, 1.54) is 0 Å². The number of amides is 2. The minimum Gasteiger partial charge on any atom is -0.338 e. The van der Waals surface area contributed by atoms with E-state index < -0.39 is 0 Å². The lowest BCUT2D eigenvalue weighted by molar-refractivity contribution is -0.116. The topological polar surface area (TPSA) is 40.6 Å². The molecule has 2 fully saturated rings. The molecular formula is C21H21ClN2O2S. The third-order valence-electron chi connectivity index (χ3n) is 5.32. The van der Waals surface area contributed by atoms with Gasteiger partial charge in [-0.05, 0) is 49.6 Å². The Balaban J connectivity index is 1.54. The van der Waals surface area contributed by atoms with Gasteiger partial charge >= 0.3 is 0 Å². The van der Waals surface area contributed by atoms with Crippen molar-refractivity contribution in [2.45, 2.75) is 24.6 Å². The Morgan fingerprint density at radius 2 is 1.85 bits per heavy atom. The molecule has 2 amide bonds. The number of thioether (sulfide) groups is 1. The number of halogens is 1. The molecule has 0 radical (unpaired) electrons. The van der Waals surface area contributed by atoms with Gasteiger partial charge in [-0.1, -0.05) is 35.9 Å². The van der Waals surface area contributed by atoms with E-state index in [4.69, 9.17) is 11.6 Å². The molecule has 0 saturated carbocycles. The summed E-state index contributed by atoms with van der Waals surface area (Å²) in [5.41, 5.74) is 2.63. The number of likely N-dealkylation sites (tertiary alicyclic amines) is 1. The average molecular weight is 401 g/mol. The zero-order valence-electron chi connectivity index (χ0n) is 15.2. The summed E-state index contributed by atoms with van der Waals surface area (Å²) >= 11 is 7.90. The second kappa shape index (κ2) is 7.21. The Morgan fingerprint density at radius 3 is 2.56 bits per heavy atom. The van der Waals surface area contributed by atoms with Crippen LogP contribution in [0, 0.1) is 6.92 Å². The first-order valence-corrected chi connectivity index (χ1v) is 10.4. The van der Waals surface area contributed by atoms with Crippen molar-refractivity contribution in [3.05, 3.63) is 64.7 Å². The number of nitrogens with zero attached hydrogens (tertiary/aromatic N) is 2. The molecule has 2 saturated heterocycles. The van der Waals surface area contributed by atoms with E-state index in [9.17, 15) is 9.59 Å². The number of anilines is 1. The summed E-state index contributed by atoms with van der Waals surface area (Å²) in [6, 6.07) is 15.2. The fraction of sp³-hybridized carbons (Fsp3) is 0.333. The SMILES string of the molecule is Cc1cccc(N2C(=O)CSC23CCN(C(=O)c2ccccc2Cl)CC3)c1. The molecule has 2 heterocycles. The van der Waals surface area contributed by atoms with Gasteiger partial charge < -0.3 is 4.90 Å². The van der Waals surface area contributed by atoms with Crippen molar-refractivity contribution in [1.29, 1.82) is 0 Å². The van der Waals surface area contributed by atoms with Gasteiger partial charge in [0.05, 0.1) is 21.2 Å². The Kier molecular flexibility index (Phi) is 4.91. The molecule has 0 atom stereocenters. The molecule has 2 aliphatic heterocycles. The van der Waals surface area contributed by atoms with E-state index in [0.29, 0.717) is 29.4 Å².